The number of benzene rings is 2. The van der Waals surface area contributed by atoms with Crippen molar-refractivity contribution in [1.82, 2.24) is 0 Å². The zero-order valence-corrected chi connectivity index (χ0v) is 14.1. The number of aliphatic hydroxyl groups excluding tert-OH is 3. The Labute approximate surface area is 150 Å². The van der Waals surface area contributed by atoms with Gasteiger partial charge in [-0.25, -0.2) is 0 Å². The van der Waals surface area contributed by atoms with Crippen LogP contribution in [0.2, 0.25) is 0 Å². The molecule has 26 heavy (non-hydrogen) atoms. The Hall–Kier alpha value is -2.02. The molecule has 1 heterocycles. The van der Waals surface area contributed by atoms with Crippen molar-refractivity contribution in [2.75, 3.05) is 6.61 Å². The second-order valence-corrected chi connectivity index (χ2v) is 7.91. The predicted octanol–water partition coefficient (Wildman–Crippen LogP) is 1.47. The second kappa shape index (κ2) is 5.49. The lowest BCUT2D eigenvalue weighted by Crippen LogP contribution is -2.54. The first kappa shape index (κ1) is 16.2. The highest BCUT2D eigenvalue weighted by atomic mass is 16.5. The highest BCUT2D eigenvalue weighted by Crippen LogP contribution is 2.55. The minimum absolute atomic E-state index is 0.0335. The van der Waals surface area contributed by atoms with E-state index in [-0.39, 0.29) is 35.2 Å². The number of aliphatic hydroxyl groups is 3. The number of hydrogen-bond donors (Lipinski definition) is 5. The molecule has 0 bridgehead atoms. The molecule has 3 aliphatic rings. The van der Waals surface area contributed by atoms with Gasteiger partial charge in [-0.1, -0.05) is 12.1 Å². The Balaban J connectivity index is 1.65. The summed E-state index contributed by atoms with van der Waals surface area (Å²) in [7, 11) is 0. The van der Waals surface area contributed by atoms with Gasteiger partial charge in [0, 0.05) is 28.7 Å². The molecular formula is C20H22O6. The third kappa shape index (κ3) is 2.03. The van der Waals surface area contributed by atoms with E-state index in [1.165, 1.54) is 12.1 Å². The normalized spacial score (nSPS) is 38.3. The molecule has 2 aromatic carbocycles. The standard InChI is InChI=1S/C20H22O6/c21-13-4-3-9-12-7-26-20-10(16(12)18(24)19(25)17(9)13)2-1-8-5-14(22)15(23)6-11(8)20/h1-2,5-6,9,12-13,16-19,21-25H,3-4,7H2/t9?,12?,13-,16?,17?,18+,19-/m1/s1. The summed E-state index contributed by atoms with van der Waals surface area (Å²) in [5.41, 5.74) is 0.810. The number of fused-ring (bicyclic) bond motifs is 7. The lowest BCUT2D eigenvalue weighted by Gasteiger charge is -2.49. The van der Waals surface area contributed by atoms with Crippen LogP contribution in [0.4, 0.5) is 0 Å². The molecule has 0 radical (unpaired) electrons. The average molecular weight is 358 g/mol. The first-order chi connectivity index (χ1) is 12.5. The van der Waals surface area contributed by atoms with E-state index >= 15 is 0 Å². The molecule has 6 nitrogen and oxygen atoms in total. The van der Waals surface area contributed by atoms with Crippen molar-refractivity contribution >= 4 is 10.8 Å². The van der Waals surface area contributed by atoms with E-state index in [0.717, 1.165) is 17.4 Å². The molecule has 1 aliphatic heterocycles. The van der Waals surface area contributed by atoms with Gasteiger partial charge < -0.3 is 30.3 Å². The molecule has 5 N–H and O–H groups in total. The molecule has 2 fully saturated rings. The quantitative estimate of drug-likeness (QED) is 0.456. The molecule has 4 unspecified atom stereocenters. The van der Waals surface area contributed by atoms with E-state index in [9.17, 15) is 25.5 Å². The third-order valence-electron chi connectivity index (χ3n) is 6.73. The van der Waals surface area contributed by atoms with E-state index in [1.807, 2.05) is 12.1 Å². The van der Waals surface area contributed by atoms with E-state index in [0.29, 0.717) is 24.2 Å². The Morgan fingerprint density at radius 1 is 0.885 bits per heavy atom. The van der Waals surface area contributed by atoms with Gasteiger partial charge in [0.2, 0.25) is 0 Å². The largest absolute Gasteiger partial charge is 0.504 e. The van der Waals surface area contributed by atoms with Crippen LogP contribution < -0.4 is 4.74 Å². The zero-order chi connectivity index (χ0) is 18.2. The molecule has 6 heteroatoms. The van der Waals surface area contributed by atoms with Crippen LogP contribution in [0.1, 0.15) is 24.3 Å². The summed E-state index contributed by atoms with van der Waals surface area (Å²) in [6.45, 7) is 0.399. The lowest BCUT2D eigenvalue weighted by atomic mass is 9.62. The maximum Gasteiger partial charge on any atom is 0.158 e. The van der Waals surface area contributed by atoms with Crippen molar-refractivity contribution in [1.29, 1.82) is 0 Å². The number of ether oxygens (including phenoxy) is 1. The lowest BCUT2D eigenvalue weighted by molar-refractivity contribution is -0.128. The van der Waals surface area contributed by atoms with Gasteiger partial charge in [-0.05, 0) is 36.3 Å². The zero-order valence-electron chi connectivity index (χ0n) is 14.1. The SMILES string of the molecule is Oc1cc2ccc3c(c2cc1O)OCC1C2CC[C@@H](O)C2[C@@H](O)[C@@H](O)C31. The van der Waals surface area contributed by atoms with Gasteiger partial charge in [0.15, 0.2) is 11.5 Å². The maximum absolute atomic E-state index is 10.8. The minimum atomic E-state index is -0.972. The van der Waals surface area contributed by atoms with Gasteiger partial charge in [0.05, 0.1) is 24.9 Å². The van der Waals surface area contributed by atoms with E-state index in [1.54, 1.807) is 0 Å². The Morgan fingerprint density at radius 2 is 1.65 bits per heavy atom. The molecular weight excluding hydrogens is 336 g/mol. The van der Waals surface area contributed by atoms with Crippen molar-refractivity contribution in [3.05, 3.63) is 29.8 Å². The first-order valence-corrected chi connectivity index (χ1v) is 9.13. The molecule has 0 saturated heterocycles. The topological polar surface area (TPSA) is 110 Å². The number of phenolic OH excluding ortho intramolecular Hbond substituents is 2. The minimum Gasteiger partial charge on any atom is -0.504 e. The van der Waals surface area contributed by atoms with Crippen LogP contribution in [0.3, 0.4) is 0 Å². The molecule has 138 valence electrons. The van der Waals surface area contributed by atoms with Crippen LogP contribution in [0.5, 0.6) is 17.2 Å². The maximum atomic E-state index is 10.8. The van der Waals surface area contributed by atoms with Gasteiger partial charge in [-0.2, -0.15) is 0 Å². The molecule has 0 amide bonds. The molecule has 2 aromatic rings. The summed E-state index contributed by atoms with van der Waals surface area (Å²) in [4.78, 5) is 0. The number of phenols is 2. The van der Waals surface area contributed by atoms with Gasteiger partial charge in [-0.15, -0.1) is 0 Å². The Bertz CT molecular complexity index is 880. The van der Waals surface area contributed by atoms with Crippen LogP contribution in [-0.4, -0.2) is 50.5 Å². The summed E-state index contributed by atoms with van der Waals surface area (Å²) < 4.78 is 6.06. The van der Waals surface area contributed by atoms with Gasteiger partial charge in [0.1, 0.15) is 5.75 Å². The second-order valence-electron chi connectivity index (χ2n) is 7.91. The van der Waals surface area contributed by atoms with Crippen LogP contribution in [-0.2, 0) is 0 Å². The first-order valence-electron chi connectivity index (χ1n) is 9.13. The highest BCUT2D eigenvalue weighted by molar-refractivity contribution is 5.92. The number of aromatic hydroxyl groups is 2. The summed E-state index contributed by atoms with van der Waals surface area (Å²) >= 11 is 0. The summed E-state index contributed by atoms with van der Waals surface area (Å²) in [6.07, 6.45) is -1.06. The number of rotatable bonds is 0. The third-order valence-corrected chi connectivity index (χ3v) is 6.73. The smallest absolute Gasteiger partial charge is 0.158 e. The molecule has 5 rings (SSSR count). The number of hydrogen-bond acceptors (Lipinski definition) is 6. The summed E-state index contributed by atoms with van der Waals surface area (Å²) in [5, 5.41) is 52.7. The van der Waals surface area contributed by atoms with Crippen molar-refractivity contribution in [3.8, 4) is 17.2 Å². The summed E-state index contributed by atoms with van der Waals surface area (Å²) in [5.74, 6) is -0.264. The molecule has 0 spiro atoms. The highest BCUT2D eigenvalue weighted by Gasteiger charge is 2.56. The van der Waals surface area contributed by atoms with Crippen LogP contribution in [0.25, 0.3) is 10.8 Å². The predicted molar refractivity (Wildman–Crippen MR) is 93.2 cm³/mol. The van der Waals surface area contributed by atoms with Crippen molar-refractivity contribution < 1.29 is 30.3 Å². The van der Waals surface area contributed by atoms with Crippen molar-refractivity contribution in [3.63, 3.8) is 0 Å². The van der Waals surface area contributed by atoms with Gasteiger partial charge in [-0.3, -0.25) is 0 Å². The van der Waals surface area contributed by atoms with Crippen LogP contribution in [0, 0.1) is 17.8 Å². The van der Waals surface area contributed by atoms with E-state index < -0.39 is 18.3 Å². The van der Waals surface area contributed by atoms with Crippen LogP contribution >= 0.6 is 0 Å². The fourth-order valence-corrected chi connectivity index (χ4v) is 5.56. The van der Waals surface area contributed by atoms with Crippen molar-refractivity contribution in [2.45, 2.75) is 37.1 Å². The van der Waals surface area contributed by atoms with Crippen LogP contribution in [0.15, 0.2) is 24.3 Å². The fourth-order valence-electron chi connectivity index (χ4n) is 5.56. The van der Waals surface area contributed by atoms with Gasteiger partial charge >= 0.3 is 0 Å². The Kier molecular flexibility index (Phi) is 3.41. The van der Waals surface area contributed by atoms with E-state index in [2.05, 4.69) is 0 Å². The molecule has 2 aliphatic carbocycles. The summed E-state index contributed by atoms with van der Waals surface area (Å²) in [6, 6.07) is 6.65. The van der Waals surface area contributed by atoms with E-state index in [4.69, 9.17) is 4.74 Å². The van der Waals surface area contributed by atoms with Crippen molar-refractivity contribution in [2.24, 2.45) is 17.8 Å². The molecule has 0 aromatic heterocycles. The fraction of sp³-hybridized carbons (Fsp3) is 0.500. The average Bonchev–Trinajstić information content (AvgIpc) is 3.01. The molecule has 2 saturated carbocycles. The molecule has 7 atom stereocenters. The van der Waals surface area contributed by atoms with Gasteiger partial charge in [0.25, 0.3) is 0 Å². The monoisotopic (exact) mass is 358 g/mol. The Morgan fingerprint density at radius 3 is 2.46 bits per heavy atom.